The summed E-state index contributed by atoms with van der Waals surface area (Å²) in [6.07, 6.45) is -4.45. The summed E-state index contributed by atoms with van der Waals surface area (Å²) < 4.78 is 50.2. The van der Waals surface area contributed by atoms with Crippen molar-refractivity contribution in [2.75, 3.05) is 19.1 Å². The van der Waals surface area contributed by atoms with Crippen LogP contribution in [0.3, 0.4) is 0 Å². The van der Waals surface area contributed by atoms with E-state index in [2.05, 4.69) is 0 Å². The van der Waals surface area contributed by atoms with Crippen LogP contribution < -0.4 is 10.6 Å². The van der Waals surface area contributed by atoms with E-state index in [1.165, 1.54) is 42.6 Å². The van der Waals surface area contributed by atoms with E-state index in [9.17, 15) is 27.6 Å². The maximum Gasteiger partial charge on any atom is 0.416 e. The molecule has 2 aromatic carbocycles. The number of rotatable bonds is 5. The molecule has 0 amide bonds. The monoisotopic (exact) mass is 582 g/mol. The van der Waals surface area contributed by atoms with Crippen molar-refractivity contribution in [2.45, 2.75) is 24.4 Å². The zero-order chi connectivity index (χ0) is 29.5. The molecule has 2 heterocycles. The van der Waals surface area contributed by atoms with Crippen molar-refractivity contribution in [1.82, 2.24) is 0 Å². The average Bonchev–Trinajstić information content (AvgIpc) is 3.50. The number of halogens is 3. The molecule has 0 bridgehead atoms. The fourth-order valence-corrected chi connectivity index (χ4v) is 6.43. The number of hydrogen-bond acceptors (Lipinski definition) is 8. The number of carbonyl (C=O) groups is 3. The molecule has 212 valence electrons. The van der Waals surface area contributed by atoms with Gasteiger partial charge in [0, 0.05) is 27.8 Å². The summed E-state index contributed by atoms with van der Waals surface area (Å²) in [5.41, 5.74) is 7.18. The summed E-state index contributed by atoms with van der Waals surface area (Å²) in [7, 11) is 2.37. The lowest BCUT2D eigenvalue weighted by Crippen LogP contribution is -2.46. The third-order valence-corrected chi connectivity index (χ3v) is 8.34. The first-order valence-electron chi connectivity index (χ1n) is 12.6. The number of carbonyl (C=O) groups excluding carboxylic acids is 3. The summed E-state index contributed by atoms with van der Waals surface area (Å²) in [5, 5.41) is 1.78. The maximum atomic E-state index is 14.4. The lowest BCUT2D eigenvalue weighted by atomic mass is 9.68. The lowest BCUT2D eigenvalue weighted by molar-refractivity contribution is -0.150. The highest BCUT2D eigenvalue weighted by molar-refractivity contribution is 7.10. The van der Waals surface area contributed by atoms with Gasteiger partial charge < -0.3 is 15.2 Å². The molecule has 0 saturated carbocycles. The highest BCUT2D eigenvalue weighted by Crippen LogP contribution is 2.52. The minimum Gasteiger partial charge on any atom is -0.468 e. The Morgan fingerprint density at radius 2 is 1.66 bits per heavy atom. The number of nitrogens with two attached hydrogens (primary N) is 1. The first kappa shape index (κ1) is 28.2. The zero-order valence-corrected chi connectivity index (χ0v) is 22.8. The van der Waals surface area contributed by atoms with Crippen LogP contribution in [0, 0.1) is 5.92 Å². The molecule has 3 aromatic rings. The van der Waals surface area contributed by atoms with Crippen molar-refractivity contribution >= 4 is 34.7 Å². The van der Waals surface area contributed by atoms with Gasteiger partial charge in [-0.15, -0.1) is 11.3 Å². The van der Waals surface area contributed by atoms with Crippen molar-refractivity contribution in [2.24, 2.45) is 11.7 Å². The van der Waals surface area contributed by atoms with Crippen LogP contribution in [0.2, 0.25) is 0 Å². The molecule has 0 unspecified atom stereocenters. The summed E-state index contributed by atoms with van der Waals surface area (Å²) in [6.45, 7) is 0. The van der Waals surface area contributed by atoms with Crippen molar-refractivity contribution in [3.05, 3.63) is 111 Å². The molecule has 0 saturated heterocycles. The van der Waals surface area contributed by atoms with Crippen LogP contribution in [0.15, 0.2) is 94.8 Å². The van der Waals surface area contributed by atoms with Crippen LogP contribution in [0.4, 0.5) is 18.9 Å². The Bertz CT molecular complexity index is 1550. The van der Waals surface area contributed by atoms with Crippen LogP contribution in [0.1, 0.15) is 34.3 Å². The van der Waals surface area contributed by atoms with E-state index >= 15 is 0 Å². The number of methoxy groups -OCH3 is 2. The molecule has 1 aromatic heterocycles. The van der Waals surface area contributed by atoms with Gasteiger partial charge in [-0.1, -0.05) is 36.4 Å². The second kappa shape index (κ2) is 10.9. The first-order valence-corrected chi connectivity index (χ1v) is 13.4. The minimum atomic E-state index is -4.57. The van der Waals surface area contributed by atoms with E-state index in [-0.39, 0.29) is 29.1 Å². The Balaban J connectivity index is 1.79. The summed E-state index contributed by atoms with van der Waals surface area (Å²) in [6, 6.07) is 16.7. The van der Waals surface area contributed by atoms with Gasteiger partial charge in [-0.25, -0.2) is 4.79 Å². The number of Topliss-reactive ketones (excluding diaryl/α,β-unsaturated/α-hetero) is 1. The molecule has 7 nitrogen and oxygen atoms in total. The molecule has 11 heteroatoms. The molecular weight excluding hydrogens is 557 g/mol. The summed E-state index contributed by atoms with van der Waals surface area (Å²) >= 11 is 1.29. The van der Waals surface area contributed by atoms with Gasteiger partial charge in [-0.05, 0) is 47.7 Å². The zero-order valence-electron chi connectivity index (χ0n) is 22.0. The fraction of sp³-hybridized carbons (Fsp3) is 0.233. The summed E-state index contributed by atoms with van der Waals surface area (Å²) in [4.78, 5) is 42.8. The molecule has 41 heavy (non-hydrogen) atoms. The third kappa shape index (κ3) is 4.90. The van der Waals surface area contributed by atoms with E-state index in [0.29, 0.717) is 16.1 Å². The van der Waals surface area contributed by atoms with Crippen LogP contribution in [0.5, 0.6) is 0 Å². The topological polar surface area (TPSA) is 98.9 Å². The third-order valence-electron chi connectivity index (χ3n) is 7.41. The molecule has 1 aliphatic carbocycles. The van der Waals surface area contributed by atoms with Gasteiger partial charge in [-0.2, -0.15) is 13.2 Å². The van der Waals surface area contributed by atoms with Crippen molar-refractivity contribution < 1.29 is 37.0 Å². The minimum absolute atomic E-state index is 0.0521. The normalized spacial score (nSPS) is 21.0. The van der Waals surface area contributed by atoms with Crippen LogP contribution in [-0.4, -0.2) is 31.9 Å². The van der Waals surface area contributed by atoms with Gasteiger partial charge in [0.15, 0.2) is 5.78 Å². The lowest BCUT2D eigenvalue weighted by Gasteiger charge is -2.43. The average molecular weight is 583 g/mol. The van der Waals surface area contributed by atoms with Crippen LogP contribution >= 0.6 is 11.3 Å². The predicted octanol–water partition coefficient (Wildman–Crippen LogP) is 5.51. The number of alkyl halides is 3. The molecule has 1 aliphatic heterocycles. The first-order chi connectivity index (χ1) is 19.6. The summed E-state index contributed by atoms with van der Waals surface area (Å²) in [5.74, 6) is -5.03. The van der Waals surface area contributed by atoms with E-state index in [1.54, 1.807) is 47.8 Å². The van der Waals surface area contributed by atoms with Gasteiger partial charge >= 0.3 is 18.1 Å². The Morgan fingerprint density at radius 3 is 2.22 bits per heavy atom. The van der Waals surface area contributed by atoms with Crippen molar-refractivity contribution in [1.29, 1.82) is 0 Å². The predicted molar refractivity (Wildman–Crippen MR) is 146 cm³/mol. The van der Waals surface area contributed by atoms with Crippen molar-refractivity contribution in [3.8, 4) is 0 Å². The number of ketones is 1. The van der Waals surface area contributed by atoms with Gasteiger partial charge in [0.05, 0.1) is 31.3 Å². The second-order valence-electron chi connectivity index (χ2n) is 9.57. The Hall–Kier alpha value is -4.38. The molecule has 3 atom stereocenters. The Kier molecular flexibility index (Phi) is 7.48. The maximum absolute atomic E-state index is 14.4. The smallest absolute Gasteiger partial charge is 0.416 e. The van der Waals surface area contributed by atoms with E-state index in [0.717, 1.165) is 12.1 Å². The SMILES string of the molecule is COC(=O)C1=C(N)N(c2ccc(C(F)(F)F)cc2)C2=C(C(=O)[C@H](C(=O)OC)[C@@H](c3ccccc3)C2)[C@H]1c1cccs1. The van der Waals surface area contributed by atoms with E-state index in [4.69, 9.17) is 15.2 Å². The molecular formula is C30H25F3N2O5S. The molecule has 0 spiro atoms. The van der Waals surface area contributed by atoms with E-state index < -0.39 is 47.2 Å². The number of ether oxygens (including phenoxy) is 2. The van der Waals surface area contributed by atoms with Crippen LogP contribution in [-0.2, 0) is 30.0 Å². The number of allylic oxidation sites excluding steroid dienone is 2. The number of nitrogens with zero attached hydrogens (tertiary/aromatic N) is 1. The van der Waals surface area contributed by atoms with E-state index in [1.807, 2.05) is 0 Å². The molecule has 5 rings (SSSR count). The largest absolute Gasteiger partial charge is 0.468 e. The van der Waals surface area contributed by atoms with Gasteiger partial charge in [0.1, 0.15) is 11.7 Å². The van der Waals surface area contributed by atoms with Crippen LogP contribution in [0.25, 0.3) is 0 Å². The van der Waals surface area contributed by atoms with Gasteiger partial charge in [0.2, 0.25) is 0 Å². The van der Waals surface area contributed by atoms with Gasteiger partial charge in [-0.3, -0.25) is 14.5 Å². The second-order valence-corrected chi connectivity index (χ2v) is 10.5. The van der Waals surface area contributed by atoms with Gasteiger partial charge in [0.25, 0.3) is 0 Å². The quantitative estimate of drug-likeness (QED) is 0.313. The number of benzene rings is 2. The van der Waals surface area contributed by atoms with Crippen molar-refractivity contribution in [3.63, 3.8) is 0 Å². The number of esters is 2. The number of thiophene rings is 1. The number of anilines is 1. The molecule has 0 fully saturated rings. The number of hydrogen-bond donors (Lipinski definition) is 1. The molecule has 0 radical (unpaired) electrons. The highest BCUT2D eigenvalue weighted by Gasteiger charge is 2.51. The highest BCUT2D eigenvalue weighted by atomic mass is 32.1. The standard InChI is InChI=1S/C30H25F3N2O5S/c1-39-28(37)22-19(16-7-4-3-5-8-16)15-20-23(26(22)36)24(21-9-6-14-41-21)25(29(38)40-2)27(34)35(20)18-12-10-17(11-13-18)30(31,32)33/h3-14,19,22,24H,15,34H2,1-2H3/t19-,22-,24-/m1/s1. The fourth-order valence-electron chi connectivity index (χ4n) is 5.58. The molecule has 2 N–H and O–H groups in total. The molecule has 2 aliphatic rings. The Labute approximate surface area is 237 Å². The Morgan fingerprint density at radius 1 is 0.976 bits per heavy atom.